The van der Waals surface area contributed by atoms with Gasteiger partial charge in [0, 0.05) is 25.5 Å². The SMILES string of the molecule is Cc1ccc(C(N)=S)c(NCCc2cnn(C)c2)n1. The van der Waals surface area contributed by atoms with Crippen LogP contribution < -0.4 is 11.1 Å². The smallest absolute Gasteiger partial charge is 0.136 e. The van der Waals surface area contributed by atoms with Crippen LogP contribution in [0.1, 0.15) is 16.8 Å². The molecule has 0 radical (unpaired) electrons. The second-order valence-electron chi connectivity index (χ2n) is 4.41. The molecule has 0 atom stereocenters. The van der Waals surface area contributed by atoms with Crippen LogP contribution in [0.3, 0.4) is 0 Å². The number of nitrogens with two attached hydrogens (primary N) is 1. The van der Waals surface area contributed by atoms with E-state index >= 15 is 0 Å². The second-order valence-corrected chi connectivity index (χ2v) is 4.85. The summed E-state index contributed by atoms with van der Waals surface area (Å²) in [5.41, 5.74) is 8.59. The zero-order valence-corrected chi connectivity index (χ0v) is 11.9. The first kappa shape index (κ1) is 13.5. The molecule has 0 fully saturated rings. The fourth-order valence-electron chi connectivity index (χ4n) is 1.82. The number of aryl methyl sites for hydroxylation is 2. The fourth-order valence-corrected chi connectivity index (χ4v) is 1.98. The van der Waals surface area contributed by atoms with Crippen LogP contribution in [0.5, 0.6) is 0 Å². The van der Waals surface area contributed by atoms with Crippen LogP contribution in [0, 0.1) is 6.92 Å². The van der Waals surface area contributed by atoms with Crippen LogP contribution in [0.2, 0.25) is 0 Å². The minimum Gasteiger partial charge on any atom is -0.389 e. The van der Waals surface area contributed by atoms with Crippen molar-refractivity contribution in [2.24, 2.45) is 12.8 Å². The second kappa shape index (κ2) is 5.79. The molecular formula is C13H17N5S. The number of thiocarbonyl (C=S) groups is 1. The minimum absolute atomic E-state index is 0.358. The first-order chi connectivity index (χ1) is 9.06. The molecule has 0 bridgehead atoms. The summed E-state index contributed by atoms with van der Waals surface area (Å²) in [4.78, 5) is 4.79. The normalized spacial score (nSPS) is 10.4. The topological polar surface area (TPSA) is 68.8 Å². The predicted octanol–water partition coefficient (Wildman–Crippen LogP) is 1.41. The molecule has 3 N–H and O–H groups in total. The van der Waals surface area contributed by atoms with E-state index in [9.17, 15) is 0 Å². The van der Waals surface area contributed by atoms with Crippen LogP contribution in [0.4, 0.5) is 5.82 Å². The molecule has 6 heteroatoms. The zero-order valence-electron chi connectivity index (χ0n) is 11.1. The van der Waals surface area contributed by atoms with Crippen molar-refractivity contribution in [1.29, 1.82) is 0 Å². The molecule has 100 valence electrons. The van der Waals surface area contributed by atoms with Crippen LogP contribution >= 0.6 is 12.2 Å². The summed E-state index contributed by atoms with van der Waals surface area (Å²) in [5, 5.41) is 7.41. The van der Waals surface area contributed by atoms with Gasteiger partial charge >= 0.3 is 0 Å². The molecule has 2 rings (SSSR count). The Kier molecular flexibility index (Phi) is 4.11. The van der Waals surface area contributed by atoms with E-state index in [-0.39, 0.29) is 0 Å². The van der Waals surface area contributed by atoms with Gasteiger partial charge in [-0.1, -0.05) is 12.2 Å². The maximum absolute atomic E-state index is 5.69. The minimum atomic E-state index is 0.358. The lowest BCUT2D eigenvalue weighted by Crippen LogP contribution is -2.16. The summed E-state index contributed by atoms with van der Waals surface area (Å²) >= 11 is 5.02. The van der Waals surface area contributed by atoms with Gasteiger partial charge in [-0.15, -0.1) is 0 Å². The fraction of sp³-hybridized carbons (Fsp3) is 0.308. The molecule has 19 heavy (non-hydrogen) atoms. The lowest BCUT2D eigenvalue weighted by molar-refractivity contribution is 0.767. The Morgan fingerprint density at radius 1 is 1.47 bits per heavy atom. The number of rotatable bonds is 5. The summed E-state index contributed by atoms with van der Waals surface area (Å²) in [5.74, 6) is 0.747. The van der Waals surface area contributed by atoms with Gasteiger partial charge in [-0.25, -0.2) is 4.98 Å². The Balaban J connectivity index is 2.02. The van der Waals surface area contributed by atoms with E-state index in [2.05, 4.69) is 15.4 Å². The molecule has 2 aromatic heterocycles. The van der Waals surface area contributed by atoms with Gasteiger partial charge in [-0.05, 0) is 31.0 Å². The first-order valence-corrected chi connectivity index (χ1v) is 6.46. The van der Waals surface area contributed by atoms with Crippen molar-refractivity contribution in [2.75, 3.05) is 11.9 Å². The lowest BCUT2D eigenvalue weighted by atomic mass is 10.2. The van der Waals surface area contributed by atoms with Crippen molar-refractivity contribution < 1.29 is 0 Å². The monoisotopic (exact) mass is 275 g/mol. The molecule has 2 aromatic rings. The number of nitrogens with zero attached hydrogens (tertiary/aromatic N) is 3. The summed E-state index contributed by atoms with van der Waals surface area (Å²) in [6.45, 7) is 2.70. The van der Waals surface area contributed by atoms with E-state index in [1.807, 2.05) is 38.5 Å². The van der Waals surface area contributed by atoms with Crippen LogP contribution in [0.15, 0.2) is 24.5 Å². The summed E-state index contributed by atoms with van der Waals surface area (Å²) in [6, 6.07) is 3.80. The molecule has 0 saturated carbocycles. The highest BCUT2D eigenvalue weighted by atomic mass is 32.1. The van der Waals surface area contributed by atoms with Crippen LogP contribution in [-0.2, 0) is 13.5 Å². The average molecular weight is 275 g/mol. The summed E-state index contributed by atoms with van der Waals surface area (Å²) in [7, 11) is 1.91. The number of pyridine rings is 1. The molecule has 0 amide bonds. The molecule has 0 aliphatic rings. The third kappa shape index (κ3) is 3.51. The van der Waals surface area contributed by atoms with E-state index in [0.717, 1.165) is 30.0 Å². The predicted molar refractivity (Wildman–Crippen MR) is 80.3 cm³/mol. The highest BCUT2D eigenvalue weighted by Gasteiger charge is 2.06. The molecule has 0 aliphatic heterocycles. The molecule has 0 aliphatic carbocycles. The van der Waals surface area contributed by atoms with Gasteiger partial charge in [0.2, 0.25) is 0 Å². The maximum Gasteiger partial charge on any atom is 0.136 e. The number of hydrogen-bond acceptors (Lipinski definition) is 4. The number of hydrogen-bond donors (Lipinski definition) is 2. The van der Waals surface area contributed by atoms with Crippen molar-refractivity contribution >= 4 is 23.0 Å². The van der Waals surface area contributed by atoms with Gasteiger partial charge in [-0.3, -0.25) is 4.68 Å². The van der Waals surface area contributed by atoms with Crippen molar-refractivity contribution in [3.05, 3.63) is 41.3 Å². The van der Waals surface area contributed by atoms with Crippen molar-refractivity contribution in [1.82, 2.24) is 14.8 Å². The van der Waals surface area contributed by atoms with Crippen LogP contribution in [0.25, 0.3) is 0 Å². The van der Waals surface area contributed by atoms with E-state index in [4.69, 9.17) is 18.0 Å². The Morgan fingerprint density at radius 2 is 2.26 bits per heavy atom. The standard InChI is InChI=1S/C13H17N5S/c1-9-3-4-11(12(14)19)13(17-9)15-6-5-10-7-16-18(2)8-10/h3-4,7-8H,5-6H2,1-2H3,(H2,14,19)(H,15,17). The molecule has 2 heterocycles. The van der Waals surface area contributed by atoms with Gasteiger partial charge in [0.05, 0.1) is 11.8 Å². The molecule has 5 nitrogen and oxygen atoms in total. The van der Waals surface area contributed by atoms with Gasteiger partial charge in [0.25, 0.3) is 0 Å². The van der Waals surface area contributed by atoms with Crippen molar-refractivity contribution in [3.8, 4) is 0 Å². The molecule has 0 aromatic carbocycles. The van der Waals surface area contributed by atoms with Crippen LogP contribution in [-0.4, -0.2) is 26.3 Å². The van der Waals surface area contributed by atoms with E-state index in [1.165, 1.54) is 5.56 Å². The Hall–Kier alpha value is -1.95. The van der Waals surface area contributed by atoms with Gasteiger partial charge in [0.15, 0.2) is 0 Å². The molecular weight excluding hydrogens is 258 g/mol. The Labute approximate surface area is 117 Å². The number of nitrogens with one attached hydrogen (secondary N) is 1. The van der Waals surface area contributed by atoms with E-state index in [1.54, 1.807) is 4.68 Å². The largest absolute Gasteiger partial charge is 0.389 e. The number of anilines is 1. The maximum atomic E-state index is 5.69. The van der Waals surface area contributed by atoms with E-state index in [0.29, 0.717) is 4.99 Å². The molecule has 0 saturated heterocycles. The molecule has 0 unspecified atom stereocenters. The third-order valence-electron chi connectivity index (χ3n) is 2.76. The highest BCUT2D eigenvalue weighted by molar-refractivity contribution is 7.80. The van der Waals surface area contributed by atoms with Gasteiger partial charge in [-0.2, -0.15) is 5.10 Å². The summed E-state index contributed by atoms with van der Waals surface area (Å²) in [6.07, 6.45) is 4.74. The van der Waals surface area contributed by atoms with E-state index < -0.39 is 0 Å². The average Bonchev–Trinajstić information content (AvgIpc) is 2.75. The Morgan fingerprint density at radius 3 is 2.89 bits per heavy atom. The summed E-state index contributed by atoms with van der Waals surface area (Å²) < 4.78 is 1.79. The van der Waals surface area contributed by atoms with Crippen molar-refractivity contribution in [3.63, 3.8) is 0 Å². The Bertz CT molecular complexity index is 590. The number of aromatic nitrogens is 3. The highest BCUT2D eigenvalue weighted by Crippen LogP contribution is 2.13. The lowest BCUT2D eigenvalue weighted by Gasteiger charge is -2.10. The molecule has 0 spiro atoms. The zero-order chi connectivity index (χ0) is 13.8. The third-order valence-corrected chi connectivity index (χ3v) is 2.98. The van der Waals surface area contributed by atoms with Crippen molar-refractivity contribution in [2.45, 2.75) is 13.3 Å². The quantitative estimate of drug-likeness (QED) is 0.808. The first-order valence-electron chi connectivity index (χ1n) is 6.05. The van der Waals surface area contributed by atoms with Gasteiger partial charge < -0.3 is 11.1 Å². The van der Waals surface area contributed by atoms with Gasteiger partial charge in [0.1, 0.15) is 10.8 Å².